The second-order valence-electron chi connectivity index (χ2n) is 5.24. The number of carboxylic acids is 1. The molecule has 0 aromatic heterocycles. The highest BCUT2D eigenvalue weighted by Gasteiger charge is 2.22. The fraction of sp³-hybridized carbons (Fsp3) is 0.500. The minimum Gasteiger partial charge on any atom is -0.478 e. The average molecular weight is 263 g/mol. The first kappa shape index (κ1) is 13.7. The molecule has 1 aromatic rings. The predicted molar refractivity (Wildman–Crippen MR) is 76.7 cm³/mol. The number of hydrogen-bond acceptors (Lipinski definition) is 4. The number of nitrogens with two attached hydrogens (primary N) is 1. The van der Waals surface area contributed by atoms with Crippen LogP contribution in [0.25, 0.3) is 0 Å². The van der Waals surface area contributed by atoms with E-state index in [2.05, 4.69) is 23.8 Å². The number of aromatic carboxylic acids is 1. The summed E-state index contributed by atoms with van der Waals surface area (Å²) in [6.45, 7) is 5.06. The first-order valence-electron chi connectivity index (χ1n) is 6.57. The van der Waals surface area contributed by atoms with Crippen molar-refractivity contribution in [3.05, 3.63) is 23.8 Å². The van der Waals surface area contributed by atoms with E-state index in [-0.39, 0.29) is 5.56 Å². The van der Waals surface area contributed by atoms with Crippen molar-refractivity contribution in [3.8, 4) is 0 Å². The second kappa shape index (κ2) is 5.48. The van der Waals surface area contributed by atoms with E-state index >= 15 is 0 Å². The van der Waals surface area contributed by atoms with E-state index in [9.17, 15) is 4.79 Å². The van der Waals surface area contributed by atoms with Gasteiger partial charge in [0.2, 0.25) is 0 Å². The lowest BCUT2D eigenvalue weighted by Crippen LogP contribution is -2.38. The third-order valence-electron chi connectivity index (χ3n) is 3.63. The number of carbonyl (C=O) groups is 1. The summed E-state index contributed by atoms with van der Waals surface area (Å²) in [5.74, 6) is -0.916. The van der Waals surface area contributed by atoms with E-state index in [1.807, 2.05) is 0 Å². The third-order valence-corrected chi connectivity index (χ3v) is 3.63. The molecule has 104 valence electrons. The number of carboxylic acid groups (broad SMARTS) is 1. The van der Waals surface area contributed by atoms with Gasteiger partial charge >= 0.3 is 5.97 Å². The van der Waals surface area contributed by atoms with Crippen LogP contribution in [-0.2, 0) is 0 Å². The maximum absolute atomic E-state index is 11.1. The second-order valence-corrected chi connectivity index (χ2v) is 5.24. The molecule has 1 atom stereocenters. The van der Waals surface area contributed by atoms with E-state index < -0.39 is 5.97 Å². The molecule has 5 heteroatoms. The van der Waals surface area contributed by atoms with Crippen molar-refractivity contribution in [1.29, 1.82) is 0 Å². The third kappa shape index (κ3) is 2.98. The molecule has 1 heterocycles. The summed E-state index contributed by atoms with van der Waals surface area (Å²) in [5, 5.41) is 9.09. The van der Waals surface area contributed by atoms with Gasteiger partial charge in [0.25, 0.3) is 0 Å². The van der Waals surface area contributed by atoms with Gasteiger partial charge in [0.15, 0.2) is 0 Å². The highest BCUT2D eigenvalue weighted by molar-refractivity contribution is 5.90. The molecule has 1 aromatic carbocycles. The van der Waals surface area contributed by atoms with Crippen molar-refractivity contribution >= 4 is 17.3 Å². The molecule has 0 amide bonds. The van der Waals surface area contributed by atoms with Crippen LogP contribution in [-0.4, -0.2) is 48.7 Å². The molecule has 5 nitrogen and oxygen atoms in total. The molecule has 1 saturated heterocycles. The quantitative estimate of drug-likeness (QED) is 0.791. The van der Waals surface area contributed by atoms with E-state index in [0.29, 0.717) is 11.7 Å². The Morgan fingerprint density at radius 1 is 1.42 bits per heavy atom. The zero-order chi connectivity index (χ0) is 14.0. The van der Waals surface area contributed by atoms with Crippen LogP contribution in [0, 0.1) is 0 Å². The van der Waals surface area contributed by atoms with Crippen LogP contribution in [0.1, 0.15) is 23.7 Å². The van der Waals surface area contributed by atoms with E-state index in [1.54, 1.807) is 18.2 Å². The number of anilines is 2. The number of likely N-dealkylation sites (N-methyl/N-ethyl adjacent to an activating group) is 1. The minimum absolute atomic E-state index is 0.286. The van der Waals surface area contributed by atoms with Gasteiger partial charge in [0.05, 0.1) is 16.9 Å². The Labute approximate surface area is 113 Å². The van der Waals surface area contributed by atoms with Gasteiger partial charge in [-0.1, -0.05) is 0 Å². The van der Waals surface area contributed by atoms with Crippen LogP contribution in [0.3, 0.4) is 0 Å². The van der Waals surface area contributed by atoms with Crippen molar-refractivity contribution in [2.45, 2.75) is 19.4 Å². The summed E-state index contributed by atoms with van der Waals surface area (Å²) in [5.41, 5.74) is 7.78. The Morgan fingerprint density at radius 2 is 2.16 bits per heavy atom. The van der Waals surface area contributed by atoms with Crippen molar-refractivity contribution < 1.29 is 9.90 Å². The highest BCUT2D eigenvalue weighted by Crippen LogP contribution is 2.28. The molecule has 1 fully saturated rings. The average Bonchev–Trinajstić information content (AvgIpc) is 2.50. The molecular formula is C14H21N3O2. The normalized spacial score (nSPS) is 21.2. The lowest BCUT2D eigenvalue weighted by molar-refractivity contribution is 0.0697. The molecular weight excluding hydrogens is 242 g/mol. The Hall–Kier alpha value is -1.75. The number of hydrogen-bond donors (Lipinski definition) is 2. The summed E-state index contributed by atoms with van der Waals surface area (Å²) in [4.78, 5) is 15.6. The van der Waals surface area contributed by atoms with Gasteiger partial charge in [-0.25, -0.2) is 4.79 Å². The Morgan fingerprint density at radius 3 is 2.84 bits per heavy atom. The highest BCUT2D eigenvalue weighted by atomic mass is 16.4. The SMILES string of the molecule is CC1CN(C)CCCN1c1cc(C(=O)O)ccc1N. The van der Waals surface area contributed by atoms with Gasteiger partial charge in [-0.05, 0) is 45.1 Å². The smallest absolute Gasteiger partial charge is 0.335 e. The van der Waals surface area contributed by atoms with E-state index in [1.165, 1.54) is 0 Å². The summed E-state index contributed by atoms with van der Waals surface area (Å²) in [6.07, 6.45) is 1.05. The lowest BCUT2D eigenvalue weighted by Gasteiger charge is -2.31. The van der Waals surface area contributed by atoms with Gasteiger partial charge in [0, 0.05) is 19.1 Å². The fourth-order valence-corrected chi connectivity index (χ4v) is 2.66. The monoisotopic (exact) mass is 263 g/mol. The van der Waals surface area contributed by atoms with Crippen LogP contribution < -0.4 is 10.6 Å². The fourth-order valence-electron chi connectivity index (χ4n) is 2.66. The predicted octanol–water partition coefficient (Wildman–Crippen LogP) is 1.50. The topological polar surface area (TPSA) is 69.8 Å². The summed E-state index contributed by atoms with van der Waals surface area (Å²) < 4.78 is 0. The maximum atomic E-state index is 11.1. The maximum Gasteiger partial charge on any atom is 0.335 e. The molecule has 1 unspecified atom stereocenters. The summed E-state index contributed by atoms with van der Waals surface area (Å²) in [6, 6.07) is 5.23. The van der Waals surface area contributed by atoms with Crippen LogP contribution in [0.5, 0.6) is 0 Å². The van der Waals surface area contributed by atoms with Crippen LogP contribution in [0.2, 0.25) is 0 Å². The van der Waals surface area contributed by atoms with Crippen LogP contribution >= 0.6 is 0 Å². The number of nitrogen functional groups attached to an aromatic ring is 1. The molecule has 3 N–H and O–H groups in total. The zero-order valence-electron chi connectivity index (χ0n) is 11.5. The number of benzene rings is 1. The molecule has 0 saturated carbocycles. The number of rotatable bonds is 2. The van der Waals surface area contributed by atoms with Crippen LogP contribution in [0.15, 0.2) is 18.2 Å². The Kier molecular flexibility index (Phi) is 3.95. The lowest BCUT2D eigenvalue weighted by atomic mass is 10.1. The van der Waals surface area contributed by atoms with Crippen molar-refractivity contribution in [1.82, 2.24) is 4.90 Å². The van der Waals surface area contributed by atoms with Crippen molar-refractivity contribution in [3.63, 3.8) is 0 Å². The van der Waals surface area contributed by atoms with Crippen molar-refractivity contribution in [2.75, 3.05) is 37.3 Å². The van der Waals surface area contributed by atoms with E-state index in [4.69, 9.17) is 10.8 Å². The Bertz CT molecular complexity index is 476. The molecule has 0 spiro atoms. The zero-order valence-corrected chi connectivity index (χ0v) is 11.5. The molecule has 0 bridgehead atoms. The van der Waals surface area contributed by atoms with Gasteiger partial charge in [-0.2, -0.15) is 0 Å². The molecule has 0 aliphatic carbocycles. The molecule has 1 aliphatic heterocycles. The number of nitrogens with zero attached hydrogens (tertiary/aromatic N) is 2. The first-order valence-corrected chi connectivity index (χ1v) is 6.57. The standard InChI is InChI=1S/C14H21N3O2/c1-10-9-16(2)6-3-7-17(10)13-8-11(14(18)19)4-5-12(13)15/h4-5,8,10H,3,6-7,9,15H2,1-2H3,(H,18,19). The largest absolute Gasteiger partial charge is 0.478 e. The molecule has 2 rings (SSSR count). The Balaban J connectivity index is 2.33. The molecule has 1 aliphatic rings. The van der Waals surface area contributed by atoms with Gasteiger partial charge in [0.1, 0.15) is 0 Å². The first-order chi connectivity index (χ1) is 8.99. The van der Waals surface area contributed by atoms with Crippen LogP contribution in [0.4, 0.5) is 11.4 Å². The molecule has 0 radical (unpaired) electrons. The van der Waals surface area contributed by atoms with Gasteiger partial charge in [-0.3, -0.25) is 0 Å². The van der Waals surface area contributed by atoms with Crippen molar-refractivity contribution in [2.24, 2.45) is 0 Å². The minimum atomic E-state index is -0.916. The molecule has 19 heavy (non-hydrogen) atoms. The van der Waals surface area contributed by atoms with Gasteiger partial charge < -0.3 is 20.6 Å². The van der Waals surface area contributed by atoms with Gasteiger partial charge in [-0.15, -0.1) is 0 Å². The van der Waals surface area contributed by atoms with E-state index in [0.717, 1.165) is 31.7 Å². The summed E-state index contributed by atoms with van der Waals surface area (Å²) in [7, 11) is 2.11. The summed E-state index contributed by atoms with van der Waals surface area (Å²) >= 11 is 0.